The van der Waals surface area contributed by atoms with E-state index < -0.39 is 16.4 Å². The first-order chi connectivity index (χ1) is 14.4. The third-order valence-corrected chi connectivity index (χ3v) is 6.52. The summed E-state index contributed by atoms with van der Waals surface area (Å²) in [5.41, 5.74) is -0.470. The fraction of sp³-hybridized carbons (Fsp3) is 0.350. The molecule has 0 radical (unpaired) electrons. The molecule has 1 aromatic carbocycles. The second kappa shape index (κ2) is 7.96. The number of nitro groups is 1. The lowest BCUT2D eigenvalue weighted by Gasteiger charge is -2.44. The number of carbonyl (C=O) groups is 1. The number of aliphatic carboxylic acids is 1. The van der Waals surface area contributed by atoms with Crippen molar-refractivity contribution in [3.8, 4) is 0 Å². The van der Waals surface area contributed by atoms with Gasteiger partial charge in [-0.2, -0.15) is 0 Å². The van der Waals surface area contributed by atoms with Gasteiger partial charge < -0.3 is 10.0 Å². The number of aromatic nitrogens is 2. The van der Waals surface area contributed by atoms with Gasteiger partial charge in [-0.3, -0.25) is 20.2 Å². The number of hydrogen-bond acceptors (Lipinski definition) is 8. The molecule has 3 heterocycles. The molecule has 1 fully saturated rings. The van der Waals surface area contributed by atoms with Crippen molar-refractivity contribution in [3.05, 3.63) is 57.6 Å². The van der Waals surface area contributed by atoms with Gasteiger partial charge in [0.05, 0.1) is 4.92 Å². The summed E-state index contributed by atoms with van der Waals surface area (Å²) < 4.78 is 0. The minimum Gasteiger partial charge on any atom is -0.480 e. The van der Waals surface area contributed by atoms with Crippen LogP contribution in [0, 0.1) is 16.0 Å². The normalized spacial score (nSPS) is 21.6. The topological polar surface area (TPSA) is 121 Å². The number of nitrogens with zero attached hydrogens (tertiary/aromatic N) is 4. The molecule has 0 aliphatic carbocycles. The Kier molecular flexibility index (Phi) is 5.35. The number of fused-ring (bicyclic) bond motifs is 1. The molecule has 4 rings (SSSR count). The molecule has 0 saturated carbocycles. The predicted octanol–water partition coefficient (Wildman–Crippen LogP) is 3.06. The van der Waals surface area contributed by atoms with E-state index in [0.29, 0.717) is 31.0 Å². The lowest BCUT2D eigenvalue weighted by Crippen LogP contribution is -2.63. The molecule has 1 aliphatic heterocycles. The quantitative estimate of drug-likeness (QED) is 0.455. The number of hydrogen-bond donors (Lipinski definition) is 2. The second-order valence-electron chi connectivity index (χ2n) is 7.51. The maximum Gasteiger partial charge on any atom is 0.324 e. The van der Waals surface area contributed by atoms with Crippen LogP contribution in [-0.2, 0) is 11.3 Å². The zero-order valence-corrected chi connectivity index (χ0v) is 17.1. The summed E-state index contributed by atoms with van der Waals surface area (Å²) in [6.07, 6.45) is 2.16. The molecule has 10 heteroatoms. The molecule has 30 heavy (non-hydrogen) atoms. The van der Waals surface area contributed by atoms with Crippen molar-refractivity contribution in [2.24, 2.45) is 5.92 Å². The van der Waals surface area contributed by atoms with Crippen LogP contribution in [0.2, 0.25) is 0 Å². The van der Waals surface area contributed by atoms with Gasteiger partial charge in [-0.15, -0.1) is 11.3 Å². The van der Waals surface area contributed by atoms with Gasteiger partial charge in [0, 0.05) is 49.3 Å². The number of rotatable bonds is 6. The highest BCUT2D eigenvalue weighted by molar-refractivity contribution is 7.16. The van der Waals surface area contributed by atoms with Crippen LogP contribution < -0.4 is 10.2 Å². The maximum absolute atomic E-state index is 12.2. The van der Waals surface area contributed by atoms with Crippen LogP contribution in [0.5, 0.6) is 0 Å². The molecule has 2 N–H and O–H groups in total. The molecule has 2 atom stereocenters. The van der Waals surface area contributed by atoms with Crippen LogP contribution in [-0.4, -0.2) is 44.6 Å². The van der Waals surface area contributed by atoms with E-state index in [1.54, 1.807) is 29.7 Å². The molecule has 3 aromatic rings. The van der Waals surface area contributed by atoms with Crippen molar-refractivity contribution >= 4 is 39.2 Å². The van der Waals surface area contributed by atoms with Gasteiger partial charge in [-0.25, -0.2) is 9.97 Å². The van der Waals surface area contributed by atoms with Crippen LogP contribution in [0.25, 0.3) is 10.2 Å². The minimum absolute atomic E-state index is 0.0114. The number of nitrogens with one attached hydrogen (secondary N) is 1. The summed E-state index contributed by atoms with van der Waals surface area (Å²) in [5.74, 6) is -0.547. The van der Waals surface area contributed by atoms with E-state index in [9.17, 15) is 20.0 Å². The smallest absolute Gasteiger partial charge is 0.324 e. The second-order valence-corrected chi connectivity index (χ2v) is 8.40. The predicted molar refractivity (Wildman–Crippen MR) is 114 cm³/mol. The zero-order valence-electron chi connectivity index (χ0n) is 16.3. The van der Waals surface area contributed by atoms with Gasteiger partial charge in [-0.05, 0) is 23.4 Å². The van der Waals surface area contributed by atoms with Gasteiger partial charge in [0.1, 0.15) is 10.4 Å². The van der Waals surface area contributed by atoms with E-state index in [-0.39, 0.29) is 18.2 Å². The van der Waals surface area contributed by atoms with Crippen LogP contribution in [0.1, 0.15) is 18.9 Å². The molecule has 0 amide bonds. The molecule has 1 saturated heterocycles. The monoisotopic (exact) mass is 427 g/mol. The number of carboxylic acid groups (broad SMARTS) is 1. The average Bonchev–Trinajstić information content (AvgIpc) is 3.21. The van der Waals surface area contributed by atoms with Crippen molar-refractivity contribution in [1.82, 2.24) is 15.3 Å². The van der Waals surface area contributed by atoms with Gasteiger partial charge in [0.15, 0.2) is 0 Å². The Morgan fingerprint density at radius 1 is 1.47 bits per heavy atom. The van der Waals surface area contributed by atoms with Gasteiger partial charge in [0.2, 0.25) is 5.95 Å². The summed E-state index contributed by atoms with van der Waals surface area (Å²) >= 11 is 1.55. The number of benzene rings is 1. The summed E-state index contributed by atoms with van der Waals surface area (Å²) in [7, 11) is 0. The van der Waals surface area contributed by atoms with E-state index >= 15 is 0 Å². The van der Waals surface area contributed by atoms with Crippen LogP contribution in [0.3, 0.4) is 0 Å². The molecular formula is C20H21N5O4S. The van der Waals surface area contributed by atoms with Crippen molar-refractivity contribution in [3.63, 3.8) is 0 Å². The summed E-state index contributed by atoms with van der Waals surface area (Å²) in [6.45, 7) is 3.11. The highest BCUT2D eigenvalue weighted by Gasteiger charge is 2.47. The number of piperidine rings is 1. The third-order valence-electron chi connectivity index (χ3n) is 5.70. The van der Waals surface area contributed by atoms with E-state index in [1.807, 2.05) is 23.3 Å². The highest BCUT2D eigenvalue weighted by atomic mass is 32.1. The standard InChI is InChI=1S/C20H21N5O4S/c1-13-12-24(19-21-11-15-5-8-30-17(15)23-19)7-6-20(13,18(26)27)22-10-14-3-2-4-16(9-14)25(28)29/h2-5,8-9,11,13,22H,6-7,10,12H2,1H3,(H,26,27). The maximum atomic E-state index is 12.2. The van der Waals surface area contributed by atoms with E-state index in [2.05, 4.69) is 15.3 Å². The Bertz CT molecular complexity index is 1100. The Balaban J connectivity index is 1.50. The fourth-order valence-electron chi connectivity index (χ4n) is 3.91. The Hall–Kier alpha value is -3.11. The molecular weight excluding hydrogens is 406 g/mol. The zero-order chi connectivity index (χ0) is 21.3. The number of anilines is 1. The highest BCUT2D eigenvalue weighted by Crippen LogP contribution is 2.31. The first-order valence-electron chi connectivity index (χ1n) is 9.56. The van der Waals surface area contributed by atoms with E-state index in [0.717, 1.165) is 10.2 Å². The largest absolute Gasteiger partial charge is 0.480 e. The SMILES string of the molecule is CC1CN(c2ncc3ccsc3n2)CCC1(NCc1cccc([N+](=O)[O-])c1)C(=O)O. The van der Waals surface area contributed by atoms with E-state index in [1.165, 1.54) is 12.1 Å². The average molecular weight is 427 g/mol. The molecule has 2 unspecified atom stereocenters. The van der Waals surface area contributed by atoms with Gasteiger partial charge in [-0.1, -0.05) is 19.1 Å². The molecule has 1 aliphatic rings. The van der Waals surface area contributed by atoms with Gasteiger partial charge in [0.25, 0.3) is 5.69 Å². The molecule has 2 aromatic heterocycles. The van der Waals surface area contributed by atoms with Crippen molar-refractivity contribution < 1.29 is 14.8 Å². The number of carboxylic acids is 1. The minimum atomic E-state index is -1.13. The Morgan fingerprint density at radius 2 is 2.30 bits per heavy atom. The summed E-state index contributed by atoms with van der Waals surface area (Å²) in [6, 6.07) is 8.20. The lowest BCUT2D eigenvalue weighted by atomic mass is 9.78. The Labute approximate surface area is 176 Å². The molecule has 0 bridgehead atoms. The number of thiophene rings is 1. The van der Waals surface area contributed by atoms with Crippen LogP contribution in [0.15, 0.2) is 41.9 Å². The summed E-state index contributed by atoms with van der Waals surface area (Å²) in [4.78, 5) is 34.8. The summed E-state index contributed by atoms with van der Waals surface area (Å²) in [5, 5.41) is 27.2. The molecule has 9 nitrogen and oxygen atoms in total. The van der Waals surface area contributed by atoms with Crippen molar-refractivity contribution in [2.45, 2.75) is 25.4 Å². The Morgan fingerprint density at radius 3 is 3.03 bits per heavy atom. The fourth-order valence-corrected chi connectivity index (χ4v) is 4.65. The van der Waals surface area contributed by atoms with E-state index in [4.69, 9.17) is 0 Å². The first-order valence-corrected chi connectivity index (χ1v) is 10.4. The van der Waals surface area contributed by atoms with Crippen LogP contribution >= 0.6 is 11.3 Å². The van der Waals surface area contributed by atoms with Gasteiger partial charge >= 0.3 is 5.97 Å². The first kappa shape index (κ1) is 20.2. The van der Waals surface area contributed by atoms with Crippen LogP contribution in [0.4, 0.5) is 11.6 Å². The number of nitro benzene ring substituents is 1. The van der Waals surface area contributed by atoms with Crippen molar-refractivity contribution in [2.75, 3.05) is 18.0 Å². The molecule has 0 spiro atoms. The van der Waals surface area contributed by atoms with Crippen molar-refractivity contribution in [1.29, 1.82) is 0 Å². The lowest BCUT2D eigenvalue weighted by molar-refractivity contribution is -0.384. The molecule has 156 valence electrons. The third kappa shape index (κ3) is 3.71. The number of non-ortho nitro benzene ring substituents is 1.